The van der Waals surface area contributed by atoms with Crippen LogP contribution in [0.5, 0.6) is 0 Å². The number of hydrogen-bond acceptors (Lipinski definition) is 2. The summed E-state index contributed by atoms with van der Waals surface area (Å²) >= 11 is 0. The van der Waals surface area contributed by atoms with Gasteiger partial charge < -0.3 is 4.74 Å². The molecule has 0 saturated carbocycles. The maximum absolute atomic E-state index is 8.47. The summed E-state index contributed by atoms with van der Waals surface area (Å²) in [6.07, 6.45) is 1.38. The minimum absolute atomic E-state index is 0.0159. The van der Waals surface area contributed by atoms with Crippen LogP contribution < -0.4 is 0 Å². The first-order valence-corrected chi connectivity index (χ1v) is 5.31. The van der Waals surface area contributed by atoms with E-state index >= 15 is 0 Å². The highest BCUT2D eigenvalue weighted by molar-refractivity contribution is 4.90. The van der Waals surface area contributed by atoms with Gasteiger partial charge in [0.1, 0.15) is 0 Å². The van der Waals surface area contributed by atoms with Crippen LogP contribution >= 0.6 is 0 Å². The van der Waals surface area contributed by atoms with Crippen LogP contribution in [0.25, 0.3) is 10.4 Å². The largest absolute Gasteiger partial charge is 0.375 e. The molecule has 5 atom stereocenters. The van der Waals surface area contributed by atoms with Gasteiger partial charge in [-0.25, -0.2) is 0 Å². The Hall–Kier alpha value is -0.730. The molecule has 0 aliphatic carbocycles. The van der Waals surface area contributed by atoms with E-state index in [0.717, 1.165) is 6.42 Å². The molecule has 0 radical (unpaired) electrons. The summed E-state index contributed by atoms with van der Waals surface area (Å²) in [5.74, 6) is 0.867. The van der Waals surface area contributed by atoms with Crippen LogP contribution in [0.4, 0.5) is 0 Å². The van der Waals surface area contributed by atoms with Crippen LogP contribution in [-0.2, 0) is 4.74 Å². The Labute approximate surface area is 85.3 Å². The van der Waals surface area contributed by atoms with Gasteiger partial charge in [0.25, 0.3) is 0 Å². The zero-order chi connectivity index (χ0) is 10.7. The Bertz CT molecular complexity index is 238. The van der Waals surface area contributed by atoms with Gasteiger partial charge in [0.2, 0.25) is 0 Å². The summed E-state index contributed by atoms with van der Waals surface area (Å²) in [4.78, 5) is 2.89. The predicted molar refractivity (Wildman–Crippen MR) is 55.9 cm³/mol. The van der Waals surface area contributed by atoms with E-state index in [4.69, 9.17) is 10.3 Å². The fraction of sp³-hybridized carbons (Fsp3) is 1.00. The van der Waals surface area contributed by atoms with E-state index in [1.165, 1.54) is 0 Å². The third kappa shape index (κ3) is 2.02. The average molecular weight is 197 g/mol. The third-order valence-electron chi connectivity index (χ3n) is 3.41. The highest BCUT2D eigenvalue weighted by atomic mass is 16.5. The Balaban J connectivity index is 2.78. The predicted octanol–water partition coefficient (Wildman–Crippen LogP) is 3.13. The Morgan fingerprint density at radius 3 is 2.43 bits per heavy atom. The van der Waals surface area contributed by atoms with Gasteiger partial charge in [-0.3, -0.25) is 0 Å². The van der Waals surface area contributed by atoms with Crippen LogP contribution in [-0.4, -0.2) is 18.2 Å². The lowest BCUT2D eigenvalue weighted by atomic mass is 9.80. The molecule has 4 heteroatoms. The van der Waals surface area contributed by atoms with Crippen molar-refractivity contribution in [2.45, 2.75) is 52.4 Å². The topological polar surface area (TPSA) is 58.0 Å². The van der Waals surface area contributed by atoms with Crippen molar-refractivity contribution in [1.29, 1.82) is 0 Å². The molecule has 14 heavy (non-hydrogen) atoms. The van der Waals surface area contributed by atoms with E-state index in [2.05, 4.69) is 30.8 Å². The van der Waals surface area contributed by atoms with Crippen molar-refractivity contribution < 1.29 is 4.74 Å². The summed E-state index contributed by atoms with van der Waals surface area (Å²) in [7, 11) is 0. The fourth-order valence-electron chi connectivity index (χ4n) is 2.28. The van der Waals surface area contributed by atoms with Gasteiger partial charge in [-0.05, 0) is 30.7 Å². The van der Waals surface area contributed by atoms with Crippen LogP contribution in [0.15, 0.2) is 5.11 Å². The third-order valence-corrected chi connectivity index (χ3v) is 3.41. The maximum Gasteiger partial charge on any atom is 0.0662 e. The number of hydrogen-bond donors (Lipinski definition) is 0. The smallest absolute Gasteiger partial charge is 0.0662 e. The Kier molecular flexibility index (Phi) is 3.78. The molecule has 1 fully saturated rings. The van der Waals surface area contributed by atoms with E-state index in [1.807, 2.05) is 6.92 Å². The molecule has 0 aromatic carbocycles. The Morgan fingerprint density at radius 2 is 1.93 bits per heavy atom. The second-order valence-electron chi connectivity index (χ2n) is 4.20. The van der Waals surface area contributed by atoms with E-state index < -0.39 is 0 Å². The summed E-state index contributed by atoms with van der Waals surface area (Å²) in [6.45, 7) is 8.44. The van der Waals surface area contributed by atoms with Crippen LogP contribution in [0.2, 0.25) is 0 Å². The molecule has 1 aliphatic rings. The molecule has 1 saturated heterocycles. The fourth-order valence-corrected chi connectivity index (χ4v) is 2.28. The summed E-state index contributed by atoms with van der Waals surface area (Å²) < 4.78 is 5.82. The first-order valence-electron chi connectivity index (χ1n) is 5.31. The van der Waals surface area contributed by atoms with Crippen molar-refractivity contribution in [2.75, 3.05) is 0 Å². The maximum atomic E-state index is 8.47. The average Bonchev–Trinajstić information content (AvgIpc) is 2.18. The van der Waals surface area contributed by atoms with Crippen molar-refractivity contribution in [3.05, 3.63) is 10.4 Å². The monoisotopic (exact) mass is 197 g/mol. The molecule has 4 nitrogen and oxygen atoms in total. The lowest BCUT2D eigenvalue weighted by Crippen LogP contribution is -2.46. The van der Waals surface area contributed by atoms with Gasteiger partial charge in [0, 0.05) is 4.91 Å². The number of rotatable bonds is 2. The van der Waals surface area contributed by atoms with E-state index in [0.29, 0.717) is 17.9 Å². The molecule has 80 valence electrons. The standard InChI is InChI=1S/C10H19N3O/c1-5-9-6(2)7(3)10(12-13-11)8(4)14-9/h6-10H,5H2,1-4H3/t6-,7-,8?,9?,10?/m0/s1. The van der Waals surface area contributed by atoms with E-state index in [1.54, 1.807) is 0 Å². The van der Waals surface area contributed by atoms with E-state index in [9.17, 15) is 0 Å². The van der Waals surface area contributed by atoms with E-state index in [-0.39, 0.29) is 12.1 Å². The molecule has 0 bridgehead atoms. The molecule has 0 N–H and O–H groups in total. The Morgan fingerprint density at radius 1 is 1.29 bits per heavy atom. The van der Waals surface area contributed by atoms with Gasteiger partial charge >= 0.3 is 0 Å². The lowest BCUT2D eigenvalue weighted by molar-refractivity contribution is -0.105. The minimum Gasteiger partial charge on any atom is -0.375 e. The van der Waals surface area contributed by atoms with Crippen LogP contribution in [0.1, 0.15) is 34.1 Å². The molecular formula is C10H19N3O. The van der Waals surface area contributed by atoms with Crippen LogP contribution in [0.3, 0.4) is 0 Å². The SMILES string of the molecule is CCC1OC(C)C(N=[N+]=[N-])[C@@H](C)[C@@H]1C. The molecule has 0 amide bonds. The molecule has 0 aromatic rings. The molecule has 0 spiro atoms. The van der Waals surface area contributed by atoms with Gasteiger partial charge in [-0.2, -0.15) is 0 Å². The first kappa shape index (κ1) is 11.3. The molecular weight excluding hydrogens is 178 g/mol. The normalized spacial score (nSPS) is 43.0. The molecule has 3 unspecified atom stereocenters. The highest BCUT2D eigenvalue weighted by Gasteiger charge is 2.37. The van der Waals surface area contributed by atoms with Crippen molar-refractivity contribution in [2.24, 2.45) is 17.0 Å². The van der Waals surface area contributed by atoms with Gasteiger partial charge in [-0.15, -0.1) is 0 Å². The minimum atomic E-state index is -0.0159. The highest BCUT2D eigenvalue weighted by Crippen LogP contribution is 2.33. The van der Waals surface area contributed by atoms with Gasteiger partial charge in [0.05, 0.1) is 18.2 Å². The first-order chi connectivity index (χ1) is 6.61. The number of azide groups is 1. The molecule has 1 rings (SSSR count). The molecule has 1 heterocycles. The second-order valence-corrected chi connectivity index (χ2v) is 4.20. The molecule has 1 aliphatic heterocycles. The van der Waals surface area contributed by atoms with Crippen LogP contribution in [0, 0.1) is 11.8 Å². The zero-order valence-corrected chi connectivity index (χ0v) is 9.34. The van der Waals surface area contributed by atoms with Crippen molar-refractivity contribution in [3.8, 4) is 0 Å². The summed E-state index contributed by atoms with van der Waals surface area (Å²) in [5.41, 5.74) is 8.47. The van der Waals surface area contributed by atoms with Gasteiger partial charge in [0.15, 0.2) is 0 Å². The summed E-state index contributed by atoms with van der Waals surface area (Å²) in [6, 6.07) is -0.0159. The number of nitrogens with zero attached hydrogens (tertiary/aromatic N) is 3. The second kappa shape index (κ2) is 4.67. The molecule has 0 aromatic heterocycles. The summed E-state index contributed by atoms with van der Waals surface area (Å²) in [5, 5.41) is 3.82. The number of ether oxygens (including phenoxy) is 1. The van der Waals surface area contributed by atoms with Crippen molar-refractivity contribution in [1.82, 2.24) is 0 Å². The van der Waals surface area contributed by atoms with Crippen molar-refractivity contribution >= 4 is 0 Å². The quantitative estimate of drug-likeness (QED) is 0.381. The van der Waals surface area contributed by atoms with Crippen molar-refractivity contribution in [3.63, 3.8) is 0 Å². The zero-order valence-electron chi connectivity index (χ0n) is 9.34. The van der Waals surface area contributed by atoms with Gasteiger partial charge in [-0.1, -0.05) is 25.9 Å². The lowest BCUT2D eigenvalue weighted by Gasteiger charge is -2.41.